The lowest BCUT2D eigenvalue weighted by atomic mass is 10.2. The van der Waals surface area contributed by atoms with Crippen LogP contribution in [0, 0.1) is 0 Å². The Kier molecular flexibility index (Phi) is 3.44. The number of halogens is 2. The number of anilines is 1. The molecule has 0 unspecified atom stereocenters. The lowest BCUT2D eigenvalue weighted by Gasteiger charge is -2.36. The van der Waals surface area contributed by atoms with Crippen LogP contribution >= 0.6 is 34.5 Å². The highest BCUT2D eigenvalue weighted by Crippen LogP contribution is 2.37. The first-order valence-electron chi connectivity index (χ1n) is 6.87. The zero-order valence-electron chi connectivity index (χ0n) is 12.0. The minimum absolute atomic E-state index is 0.179. The predicted octanol–water partition coefficient (Wildman–Crippen LogP) is 3.15. The minimum atomic E-state index is -0.179. The number of nitrogens with zero attached hydrogens (tertiary/aromatic N) is 5. The molecule has 118 valence electrons. The third kappa shape index (κ3) is 2.45. The van der Waals surface area contributed by atoms with Gasteiger partial charge in [-0.2, -0.15) is 5.10 Å². The molecule has 0 spiro atoms. The minimum Gasteiger partial charge on any atom is -0.285 e. The van der Waals surface area contributed by atoms with Crippen molar-refractivity contribution in [1.29, 1.82) is 0 Å². The number of hydrogen-bond donors (Lipinski definition) is 0. The van der Waals surface area contributed by atoms with Crippen molar-refractivity contribution in [1.82, 2.24) is 19.6 Å². The van der Waals surface area contributed by atoms with Gasteiger partial charge in [-0.1, -0.05) is 23.2 Å². The number of thiophene rings is 1. The van der Waals surface area contributed by atoms with Crippen LogP contribution in [0.5, 0.6) is 0 Å². The van der Waals surface area contributed by atoms with E-state index in [1.165, 1.54) is 15.6 Å². The molecular formula is C14H11Cl2N5OS. The number of hydrazine groups is 1. The maximum atomic E-state index is 12.8. The predicted molar refractivity (Wildman–Crippen MR) is 90.5 cm³/mol. The van der Waals surface area contributed by atoms with Crippen LogP contribution in [0.4, 0.5) is 5.69 Å². The van der Waals surface area contributed by atoms with Gasteiger partial charge in [-0.05, 0) is 6.07 Å². The fourth-order valence-corrected chi connectivity index (χ4v) is 4.08. The molecule has 0 aromatic carbocycles. The summed E-state index contributed by atoms with van der Waals surface area (Å²) in [6, 6.07) is 3.54. The molecule has 0 N–H and O–H groups in total. The Hall–Kier alpha value is -1.83. The van der Waals surface area contributed by atoms with E-state index in [2.05, 4.69) is 10.1 Å². The van der Waals surface area contributed by atoms with Crippen molar-refractivity contribution in [3.63, 3.8) is 0 Å². The largest absolute Gasteiger partial charge is 0.292 e. The number of aromatic nitrogens is 3. The van der Waals surface area contributed by atoms with Crippen LogP contribution in [0.15, 0.2) is 24.5 Å². The summed E-state index contributed by atoms with van der Waals surface area (Å²) in [7, 11) is 1.85. The van der Waals surface area contributed by atoms with E-state index in [4.69, 9.17) is 23.2 Å². The average molecular weight is 368 g/mol. The molecule has 9 heteroatoms. The number of amides is 1. The van der Waals surface area contributed by atoms with Crippen LogP contribution in [-0.2, 0) is 6.42 Å². The molecule has 6 nitrogen and oxygen atoms in total. The van der Waals surface area contributed by atoms with Gasteiger partial charge in [0.25, 0.3) is 5.91 Å². The van der Waals surface area contributed by atoms with Crippen molar-refractivity contribution in [2.75, 3.05) is 18.6 Å². The van der Waals surface area contributed by atoms with Crippen molar-refractivity contribution < 1.29 is 4.79 Å². The molecule has 1 aliphatic heterocycles. The van der Waals surface area contributed by atoms with Crippen LogP contribution in [0.1, 0.15) is 15.4 Å². The van der Waals surface area contributed by atoms with E-state index in [-0.39, 0.29) is 5.91 Å². The molecule has 4 rings (SSSR count). The maximum Gasteiger partial charge on any atom is 0.292 e. The van der Waals surface area contributed by atoms with E-state index >= 15 is 0 Å². The van der Waals surface area contributed by atoms with Crippen LogP contribution in [0.25, 0.3) is 5.65 Å². The van der Waals surface area contributed by atoms with Gasteiger partial charge in [0.1, 0.15) is 0 Å². The molecular weight excluding hydrogens is 357 g/mol. The van der Waals surface area contributed by atoms with E-state index in [1.54, 1.807) is 28.6 Å². The summed E-state index contributed by atoms with van der Waals surface area (Å²) >= 11 is 13.5. The summed E-state index contributed by atoms with van der Waals surface area (Å²) in [6.45, 7) is 0.585. The third-order valence-corrected chi connectivity index (χ3v) is 5.26. The van der Waals surface area contributed by atoms with E-state index in [9.17, 15) is 4.79 Å². The van der Waals surface area contributed by atoms with Crippen molar-refractivity contribution >= 4 is 51.8 Å². The summed E-state index contributed by atoms with van der Waals surface area (Å²) in [5.41, 5.74) is 1.87. The highest BCUT2D eigenvalue weighted by Gasteiger charge is 2.29. The lowest BCUT2D eigenvalue weighted by Crippen LogP contribution is -2.48. The summed E-state index contributed by atoms with van der Waals surface area (Å²) < 4.78 is 2.23. The Morgan fingerprint density at radius 3 is 3.00 bits per heavy atom. The first kappa shape index (κ1) is 14.7. The summed E-state index contributed by atoms with van der Waals surface area (Å²) in [5, 5.41) is 8.23. The molecule has 0 saturated heterocycles. The molecule has 0 bridgehead atoms. The molecule has 0 aliphatic carbocycles. The second kappa shape index (κ2) is 5.36. The van der Waals surface area contributed by atoms with Gasteiger partial charge < -0.3 is 0 Å². The second-order valence-electron chi connectivity index (χ2n) is 5.17. The number of carbonyl (C=O) groups is 1. The Morgan fingerprint density at radius 1 is 1.35 bits per heavy atom. The smallest absolute Gasteiger partial charge is 0.285 e. The van der Waals surface area contributed by atoms with E-state index in [0.717, 1.165) is 16.4 Å². The molecule has 1 amide bonds. The first-order valence-corrected chi connectivity index (χ1v) is 8.45. The molecule has 0 radical (unpaired) electrons. The molecule has 4 heterocycles. The fraction of sp³-hybridized carbons (Fsp3) is 0.214. The summed E-state index contributed by atoms with van der Waals surface area (Å²) in [4.78, 5) is 18.1. The highest BCUT2D eigenvalue weighted by atomic mass is 35.5. The van der Waals surface area contributed by atoms with Gasteiger partial charge in [-0.3, -0.25) is 9.80 Å². The van der Waals surface area contributed by atoms with Gasteiger partial charge in [0.2, 0.25) is 0 Å². The fourth-order valence-electron chi connectivity index (χ4n) is 2.66. The van der Waals surface area contributed by atoms with Gasteiger partial charge in [-0.15, -0.1) is 11.3 Å². The van der Waals surface area contributed by atoms with E-state index in [0.29, 0.717) is 22.9 Å². The molecule has 0 saturated carbocycles. The van der Waals surface area contributed by atoms with Crippen molar-refractivity contribution in [3.05, 3.63) is 44.5 Å². The molecule has 3 aromatic rings. The second-order valence-corrected chi connectivity index (χ2v) is 7.37. The van der Waals surface area contributed by atoms with Gasteiger partial charge in [0.15, 0.2) is 11.3 Å². The molecule has 3 aromatic heterocycles. The van der Waals surface area contributed by atoms with Gasteiger partial charge in [0, 0.05) is 37.2 Å². The standard InChI is InChI=1S/C14H11Cl2N5OS/c1-19-10-5-12(16)23-11(10)2-3-21(19)14(22)9-4-13-17-6-8(15)7-20(13)18-9/h4-7H,2-3H2,1H3. The number of fused-ring (bicyclic) bond motifs is 2. The Labute approximate surface area is 145 Å². The van der Waals surface area contributed by atoms with E-state index in [1.807, 2.05) is 18.1 Å². The monoisotopic (exact) mass is 367 g/mol. The normalized spacial score (nSPS) is 14.4. The van der Waals surface area contributed by atoms with Gasteiger partial charge >= 0.3 is 0 Å². The SMILES string of the molecule is CN1c2cc(Cl)sc2CCN1C(=O)c1cc2ncc(Cl)cn2n1. The van der Waals surface area contributed by atoms with Gasteiger partial charge in [0.05, 0.1) is 21.2 Å². The summed E-state index contributed by atoms with van der Waals surface area (Å²) in [5.74, 6) is -0.179. The Morgan fingerprint density at radius 2 is 2.17 bits per heavy atom. The molecule has 1 aliphatic rings. The quantitative estimate of drug-likeness (QED) is 0.662. The molecule has 23 heavy (non-hydrogen) atoms. The zero-order valence-corrected chi connectivity index (χ0v) is 14.4. The number of hydrogen-bond acceptors (Lipinski definition) is 5. The van der Waals surface area contributed by atoms with Crippen LogP contribution in [0.2, 0.25) is 9.36 Å². The zero-order chi connectivity index (χ0) is 16.1. The van der Waals surface area contributed by atoms with Crippen LogP contribution in [0.3, 0.4) is 0 Å². The van der Waals surface area contributed by atoms with Crippen molar-refractivity contribution in [3.8, 4) is 0 Å². The van der Waals surface area contributed by atoms with E-state index < -0.39 is 0 Å². The molecule has 0 fully saturated rings. The number of carbonyl (C=O) groups excluding carboxylic acids is 1. The van der Waals surface area contributed by atoms with Crippen LogP contribution in [-0.4, -0.2) is 39.1 Å². The summed E-state index contributed by atoms with van der Waals surface area (Å²) in [6.07, 6.45) is 3.93. The first-order chi connectivity index (χ1) is 11.0. The van der Waals surface area contributed by atoms with Crippen molar-refractivity contribution in [2.45, 2.75) is 6.42 Å². The highest BCUT2D eigenvalue weighted by molar-refractivity contribution is 7.16. The van der Waals surface area contributed by atoms with Crippen LogP contribution < -0.4 is 5.01 Å². The lowest BCUT2D eigenvalue weighted by molar-refractivity contribution is 0.0733. The number of rotatable bonds is 1. The Bertz CT molecular complexity index is 921. The average Bonchev–Trinajstić information content (AvgIpc) is 3.09. The van der Waals surface area contributed by atoms with Gasteiger partial charge in [-0.25, -0.2) is 14.5 Å². The molecule has 0 atom stereocenters. The Balaban J connectivity index is 1.68. The van der Waals surface area contributed by atoms with Crippen molar-refractivity contribution in [2.24, 2.45) is 0 Å². The topological polar surface area (TPSA) is 53.7 Å². The third-order valence-electron chi connectivity index (χ3n) is 3.75. The maximum absolute atomic E-state index is 12.8.